The Hall–Kier alpha value is -0.420. The molecule has 4 nitrogen and oxygen atoms in total. The summed E-state index contributed by atoms with van der Waals surface area (Å²) < 4.78 is 0. The smallest absolute Gasteiger partial charge is 0.0610 e. The third-order valence-electron chi connectivity index (χ3n) is 8.94. The topological polar surface area (TPSA) is 55.7 Å². The number of aliphatic hydroxyl groups excluding tert-OH is 2. The molecular formula is C24H44N2O2. The van der Waals surface area contributed by atoms with Gasteiger partial charge in [0.2, 0.25) is 0 Å². The molecule has 3 N–H and O–H groups in total. The SMILES string of the molecule is C=C1CCC2C(O)C(C3(C)CCC(O)CC3CCNCCN(C)C)CCC12C. The molecule has 7 atom stereocenters. The van der Waals surface area contributed by atoms with Crippen molar-refractivity contribution in [3.8, 4) is 0 Å². The number of fused-ring (bicyclic) bond motifs is 1. The van der Waals surface area contributed by atoms with Gasteiger partial charge in [-0.2, -0.15) is 0 Å². The highest BCUT2D eigenvalue weighted by Gasteiger charge is 2.56. The quantitative estimate of drug-likeness (QED) is 0.459. The minimum Gasteiger partial charge on any atom is -0.393 e. The van der Waals surface area contributed by atoms with Gasteiger partial charge in [-0.3, -0.25) is 0 Å². The van der Waals surface area contributed by atoms with Gasteiger partial charge in [0.05, 0.1) is 12.2 Å². The molecule has 0 bridgehead atoms. The van der Waals surface area contributed by atoms with E-state index in [0.717, 1.165) is 64.6 Å². The molecule has 0 spiro atoms. The van der Waals surface area contributed by atoms with E-state index in [4.69, 9.17) is 0 Å². The fraction of sp³-hybridized carbons (Fsp3) is 0.917. The van der Waals surface area contributed by atoms with E-state index in [1.54, 1.807) is 0 Å². The average Bonchev–Trinajstić information content (AvgIpc) is 2.93. The summed E-state index contributed by atoms with van der Waals surface area (Å²) in [6, 6.07) is 0. The molecule has 162 valence electrons. The molecule has 3 fully saturated rings. The third-order valence-corrected chi connectivity index (χ3v) is 8.94. The van der Waals surface area contributed by atoms with E-state index in [0.29, 0.717) is 17.8 Å². The van der Waals surface area contributed by atoms with E-state index in [-0.39, 0.29) is 23.0 Å². The van der Waals surface area contributed by atoms with Crippen LogP contribution in [-0.4, -0.2) is 61.1 Å². The van der Waals surface area contributed by atoms with Crippen LogP contribution in [-0.2, 0) is 0 Å². The number of nitrogens with zero attached hydrogens (tertiary/aromatic N) is 1. The van der Waals surface area contributed by atoms with Crippen molar-refractivity contribution in [2.45, 2.75) is 77.4 Å². The fourth-order valence-electron chi connectivity index (χ4n) is 6.77. The Morgan fingerprint density at radius 3 is 2.54 bits per heavy atom. The number of hydrogen-bond acceptors (Lipinski definition) is 4. The summed E-state index contributed by atoms with van der Waals surface area (Å²) >= 11 is 0. The van der Waals surface area contributed by atoms with Gasteiger partial charge in [0.1, 0.15) is 0 Å². The molecule has 0 amide bonds. The second-order valence-corrected chi connectivity index (χ2v) is 10.8. The van der Waals surface area contributed by atoms with Crippen LogP contribution in [0.2, 0.25) is 0 Å². The number of likely N-dealkylation sites (N-methyl/N-ethyl adjacent to an activating group) is 1. The van der Waals surface area contributed by atoms with Gasteiger partial charge in [0.15, 0.2) is 0 Å². The summed E-state index contributed by atoms with van der Waals surface area (Å²) in [6.07, 6.45) is 7.99. The van der Waals surface area contributed by atoms with Crippen LogP contribution < -0.4 is 5.32 Å². The van der Waals surface area contributed by atoms with Gasteiger partial charge in [-0.05, 0) is 101 Å². The Morgan fingerprint density at radius 1 is 1.07 bits per heavy atom. The lowest BCUT2D eigenvalue weighted by atomic mass is 9.51. The predicted octanol–water partition coefficient (Wildman–Crippen LogP) is 3.44. The van der Waals surface area contributed by atoms with Gasteiger partial charge in [0, 0.05) is 13.1 Å². The fourth-order valence-corrected chi connectivity index (χ4v) is 6.77. The Bertz CT molecular complexity index is 551. The Morgan fingerprint density at radius 2 is 1.82 bits per heavy atom. The number of allylic oxidation sites excluding steroid dienone is 1. The summed E-state index contributed by atoms with van der Waals surface area (Å²) in [5, 5.41) is 25.4. The molecule has 0 aromatic heterocycles. The van der Waals surface area contributed by atoms with Gasteiger partial charge in [-0.15, -0.1) is 0 Å². The molecule has 0 aromatic carbocycles. The minimum atomic E-state index is -0.220. The second kappa shape index (κ2) is 8.75. The maximum atomic E-state index is 11.5. The zero-order valence-electron chi connectivity index (χ0n) is 18.7. The predicted molar refractivity (Wildman–Crippen MR) is 116 cm³/mol. The summed E-state index contributed by atoms with van der Waals surface area (Å²) in [5.74, 6) is 1.22. The number of nitrogens with one attached hydrogen (secondary N) is 1. The van der Waals surface area contributed by atoms with Crippen molar-refractivity contribution in [1.82, 2.24) is 10.2 Å². The van der Waals surface area contributed by atoms with E-state index < -0.39 is 0 Å². The molecule has 7 unspecified atom stereocenters. The van der Waals surface area contributed by atoms with Gasteiger partial charge >= 0.3 is 0 Å². The van der Waals surface area contributed by atoms with E-state index in [1.165, 1.54) is 12.0 Å². The van der Waals surface area contributed by atoms with Crippen LogP contribution in [0.15, 0.2) is 12.2 Å². The zero-order chi connectivity index (χ0) is 20.5. The molecule has 3 aliphatic carbocycles. The molecular weight excluding hydrogens is 348 g/mol. The van der Waals surface area contributed by atoms with Gasteiger partial charge < -0.3 is 20.4 Å². The van der Waals surface area contributed by atoms with Gasteiger partial charge in [-0.1, -0.05) is 26.0 Å². The molecule has 4 heteroatoms. The number of hydrogen-bond donors (Lipinski definition) is 3. The molecule has 3 aliphatic rings. The summed E-state index contributed by atoms with van der Waals surface area (Å²) in [5.41, 5.74) is 1.64. The van der Waals surface area contributed by atoms with Crippen LogP contribution in [0, 0.1) is 28.6 Å². The molecule has 28 heavy (non-hydrogen) atoms. The summed E-state index contributed by atoms with van der Waals surface area (Å²) in [7, 11) is 4.21. The van der Waals surface area contributed by atoms with Crippen LogP contribution in [0.1, 0.15) is 65.2 Å². The molecule has 3 saturated carbocycles. The number of rotatable bonds is 7. The standard InChI is InChI=1S/C24H44N2O2/c1-17-6-7-20-22(28)21(9-12-23(17,20)2)24(3)11-8-19(27)16-18(24)10-13-25-14-15-26(4)5/h18-22,25,27-28H,1,6-16H2,2-5H3. The Labute approximate surface area is 172 Å². The first-order chi connectivity index (χ1) is 13.2. The highest BCUT2D eigenvalue weighted by molar-refractivity contribution is 5.21. The van der Waals surface area contributed by atoms with Gasteiger partial charge in [0.25, 0.3) is 0 Å². The largest absolute Gasteiger partial charge is 0.393 e. The minimum absolute atomic E-state index is 0.132. The molecule has 0 heterocycles. The van der Waals surface area contributed by atoms with Crippen LogP contribution in [0.4, 0.5) is 0 Å². The Kier molecular flexibility index (Phi) is 6.96. The lowest BCUT2D eigenvalue weighted by Gasteiger charge is -2.55. The monoisotopic (exact) mass is 392 g/mol. The van der Waals surface area contributed by atoms with Crippen molar-refractivity contribution >= 4 is 0 Å². The molecule has 3 rings (SSSR count). The van der Waals surface area contributed by atoms with Crippen LogP contribution in [0.5, 0.6) is 0 Å². The third kappa shape index (κ3) is 4.21. The average molecular weight is 393 g/mol. The lowest BCUT2D eigenvalue weighted by molar-refractivity contribution is -0.120. The van der Waals surface area contributed by atoms with E-state index in [1.807, 2.05) is 0 Å². The van der Waals surface area contributed by atoms with Crippen LogP contribution in [0.3, 0.4) is 0 Å². The van der Waals surface area contributed by atoms with Crippen molar-refractivity contribution in [2.24, 2.45) is 28.6 Å². The van der Waals surface area contributed by atoms with Crippen LogP contribution >= 0.6 is 0 Å². The summed E-state index contributed by atoms with van der Waals surface area (Å²) in [4.78, 5) is 2.20. The van der Waals surface area contributed by atoms with Crippen molar-refractivity contribution in [3.63, 3.8) is 0 Å². The zero-order valence-corrected chi connectivity index (χ0v) is 18.7. The van der Waals surface area contributed by atoms with E-state index >= 15 is 0 Å². The van der Waals surface area contributed by atoms with Crippen molar-refractivity contribution in [2.75, 3.05) is 33.7 Å². The van der Waals surface area contributed by atoms with Crippen LogP contribution in [0.25, 0.3) is 0 Å². The molecule has 0 saturated heterocycles. The maximum Gasteiger partial charge on any atom is 0.0610 e. The van der Waals surface area contributed by atoms with Crippen molar-refractivity contribution in [3.05, 3.63) is 12.2 Å². The maximum absolute atomic E-state index is 11.5. The Balaban J connectivity index is 1.67. The van der Waals surface area contributed by atoms with Gasteiger partial charge in [-0.25, -0.2) is 0 Å². The highest BCUT2D eigenvalue weighted by Crippen LogP contribution is 2.61. The lowest BCUT2D eigenvalue weighted by Crippen LogP contribution is -2.53. The first-order valence-corrected chi connectivity index (χ1v) is 11.6. The first-order valence-electron chi connectivity index (χ1n) is 11.6. The number of aliphatic hydroxyl groups is 2. The molecule has 0 radical (unpaired) electrons. The molecule has 0 aromatic rings. The highest BCUT2D eigenvalue weighted by atomic mass is 16.3. The van der Waals surface area contributed by atoms with Crippen molar-refractivity contribution < 1.29 is 10.2 Å². The molecule has 0 aliphatic heterocycles. The normalized spacial score (nSPS) is 44.1. The second-order valence-electron chi connectivity index (χ2n) is 10.8. The summed E-state index contributed by atoms with van der Waals surface area (Å²) in [6.45, 7) is 12.2. The first kappa shape index (κ1) is 22.3. The van der Waals surface area contributed by atoms with E-state index in [9.17, 15) is 10.2 Å². The van der Waals surface area contributed by atoms with E-state index in [2.05, 4.69) is 44.7 Å². The van der Waals surface area contributed by atoms with Crippen molar-refractivity contribution in [1.29, 1.82) is 0 Å².